The van der Waals surface area contributed by atoms with Crippen LogP contribution < -0.4 is 5.11 Å². The Labute approximate surface area is 346 Å². The predicted molar refractivity (Wildman–Crippen MR) is 231 cm³/mol. The highest BCUT2D eigenvalue weighted by Gasteiger charge is 2.25. The van der Waals surface area contributed by atoms with Gasteiger partial charge in [0.15, 0.2) is 6.10 Å². The Morgan fingerprint density at radius 2 is 0.786 bits per heavy atom. The maximum Gasteiger partial charge on any atom is 0.306 e. The lowest BCUT2D eigenvalue weighted by atomic mass is 10.0. The molecule has 0 aromatic carbocycles. The molecule has 0 amide bonds. The van der Waals surface area contributed by atoms with Crippen LogP contribution in [0.2, 0.25) is 0 Å². The monoisotopic (exact) mass is 796 g/mol. The summed E-state index contributed by atoms with van der Waals surface area (Å²) in [5, 5.41) is 11.6. The molecule has 0 bridgehead atoms. The first-order valence-electron chi connectivity index (χ1n) is 24.1. The number of likely N-dealkylation sites (N-methyl/N-ethyl adjacent to an activating group) is 1. The number of unbranched alkanes of at least 4 members (excludes halogenated alkanes) is 30. The number of carbonyl (C=O) groups is 3. The summed E-state index contributed by atoms with van der Waals surface area (Å²) < 4.78 is 17.2. The van der Waals surface area contributed by atoms with E-state index in [1.165, 1.54) is 167 Å². The minimum atomic E-state index is -1.12. The molecular formula is C48H93NO7. The number of ether oxygens (including phenoxy) is 3. The second-order valence-corrected chi connectivity index (χ2v) is 17.7. The zero-order valence-corrected chi connectivity index (χ0v) is 37.8. The van der Waals surface area contributed by atoms with Crippen LogP contribution in [0.4, 0.5) is 0 Å². The summed E-state index contributed by atoms with van der Waals surface area (Å²) in [4.78, 5) is 36.9. The summed E-state index contributed by atoms with van der Waals surface area (Å²) >= 11 is 0. The zero-order chi connectivity index (χ0) is 41.4. The van der Waals surface area contributed by atoms with Crippen LogP contribution in [0.15, 0.2) is 0 Å². The van der Waals surface area contributed by atoms with Crippen molar-refractivity contribution in [1.29, 1.82) is 0 Å². The fourth-order valence-corrected chi connectivity index (χ4v) is 7.49. The molecule has 0 saturated heterocycles. The van der Waals surface area contributed by atoms with Crippen molar-refractivity contribution in [3.05, 3.63) is 0 Å². The summed E-state index contributed by atoms with van der Waals surface area (Å²) in [5.41, 5.74) is 0. The van der Waals surface area contributed by atoms with Gasteiger partial charge in [0.05, 0.1) is 40.3 Å². The molecule has 56 heavy (non-hydrogen) atoms. The van der Waals surface area contributed by atoms with E-state index in [1.54, 1.807) is 0 Å². The standard InChI is InChI=1S/C48H93NO7/c1-6-8-10-12-14-16-18-20-22-23-24-25-27-29-31-33-35-37-39-47(51)56-44(42-54-41-40-45(48(52)53)49(3,4)5)43-55-46(50)38-36-34-32-30-28-26-21-19-17-15-13-11-9-7-2/h44-45H,6-43H2,1-5H3. The van der Waals surface area contributed by atoms with Crippen molar-refractivity contribution in [2.24, 2.45) is 0 Å². The quantitative estimate of drug-likeness (QED) is 0.0344. The Morgan fingerprint density at radius 1 is 0.464 bits per heavy atom. The minimum Gasteiger partial charge on any atom is -0.544 e. The lowest BCUT2D eigenvalue weighted by Crippen LogP contribution is -2.55. The molecule has 0 aromatic rings. The Morgan fingerprint density at radius 3 is 1.11 bits per heavy atom. The van der Waals surface area contributed by atoms with Crippen molar-refractivity contribution in [3.63, 3.8) is 0 Å². The van der Waals surface area contributed by atoms with Gasteiger partial charge in [-0.25, -0.2) is 0 Å². The van der Waals surface area contributed by atoms with Crippen LogP contribution in [-0.4, -0.2) is 75.5 Å². The number of carboxylic acids is 1. The third kappa shape index (κ3) is 37.9. The van der Waals surface area contributed by atoms with Crippen LogP contribution in [0.5, 0.6) is 0 Å². The molecule has 0 aliphatic rings. The van der Waals surface area contributed by atoms with Gasteiger partial charge < -0.3 is 28.6 Å². The molecule has 0 rings (SSSR count). The van der Waals surface area contributed by atoms with Gasteiger partial charge in [-0.3, -0.25) is 9.59 Å². The van der Waals surface area contributed by atoms with E-state index < -0.39 is 18.1 Å². The molecule has 0 heterocycles. The van der Waals surface area contributed by atoms with Crippen LogP contribution >= 0.6 is 0 Å². The van der Waals surface area contributed by atoms with E-state index in [4.69, 9.17) is 14.2 Å². The van der Waals surface area contributed by atoms with Gasteiger partial charge in [-0.15, -0.1) is 0 Å². The normalized spacial score (nSPS) is 12.8. The number of quaternary nitrogens is 1. The van der Waals surface area contributed by atoms with E-state index in [2.05, 4.69) is 13.8 Å². The Kier molecular flexibility index (Phi) is 38.9. The number of rotatable bonds is 44. The average molecular weight is 796 g/mol. The number of carbonyl (C=O) groups excluding carboxylic acids is 3. The van der Waals surface area contributed by atoms with E-state index in [0.717, 1.165) is 38.5 Å². The van der Waals surface area contributed by atoms with E-state index in [0.29, 0.717) is 12.8 Å². The number of aliphatic carboxylic acids is 1. The lowest BCUT2D eigenvalue weighted by Gasteiger charge is -2.34. The van der Waals surface area contributed by atoms with Crippen molar-refractivity contribution in [2.45, 2.75) is 251 Å². The van der Waals surface area contributed by atoms with Crippen molar-refractivity contribution >= 4 is 17.9 Å². The third-order valence-corrected chi connectivity index (χ3v) is 11.2. The topological polar surface area (TPSA) is 102 Å². The molecule has 0 saturated carbocycles. The summed E-state index contributed by atoms with van der Waals surface area (Å²) in [5.74, 6) is -1.71. The number of nitrogens with zero attached hydrogens (tertiary/aromatic N) is 1. The molecule has 8 nitrogen and oxygen atoms in total. The minimum absolute atomic E-state index is 0.0495. The Balaban J connectivity index is 4.23. The Hall–Kier alpha value is -1.67. The molecule has 0 aromatic heterocycles. The SMILES string of the molecule is CCCCCCCCCCCCCCCCCCCCC(=O)OC(COCCC(C(=O)[O-])[N+](C)(C)C)COC(=O)CCCCCCCCCCCCCCCC. The largest absolute Gasteiger partial charge is 0.544 e. The van der Waals surface area contributed by atoms with Crippen LogP contribution in [0, 0.1) is 0 Å². The highest BCUT2D eigenvalue weighted by atomic mass is 16.6. The van der Waals surface area contributed by atoms with Crippen molar-refractivity contribution in [1.82, 2.24) is 0 Å². The van der Waals surface area contributed by atoms with E-state index in [1.807, 2.05) is 21.1 Å². The van der Waals surface area contributed by atoms with Crippen LogP contribution in [0.1, 0.15) is 239 Å². The first kappa shape index (κ1) is 54.3. The van der Waals surface area contributed by atoms with E-state index in [9.17, 15) is 19.5 Å². The molecule has 332 valence electrons. The highest BCUT2D eigenvalue weighted by molar-refractivity contribution is 5.70. The van der Waals surface area contributed by atoms with Gasteiger partial charge in [-0.1, -0.05) is 206 Å². The highest BCUT2D eigenvalue weighted by Crippen LogP contribution is 2.17. The molecule has 0 radical (unpaired) electrons. The van der Waals surface area contributed by atoms with Crippen molar-refractivity contribution in [2.75, 3.05) is 41.0 Å². The van der Waals surface area contributed by atoms with E-state index in [-0.39, 0.29) is 42.7 Å². The lowest BCUT2D eigenvalue weighted by molar-refractivity contribution is -0.889. The molecular weight excluding hydrogens is 703 g/mol. The number of hydrogen-bond donors (Lipinski definition) is 0. The molecule has 0 aliphatic heterocycles. The summed E-state index contributed by atoms with van der Waals surface area (Å²) in [6, 6.07) is -0.719. The van der Waals surface area contributed by atoms with Crippen molar-refractivity contribution < 1.29 is 38.2 Å². The fraction of sp³-hybridized carbons (Fsp3) is 0.938. The first-order chi connectivity index (χ1) is 27.1. The molecule has 0 fully saturated rings. The van der Waals surface area contributed by atoms with Crippen LogP contribution in [0.3, 0.4) is 0 Å². The van der Waals surface area contributed by atoms with Gasteiger partial charge in [0.25, 0.3) is 0 Å². The number of esters is 2. The zero-order valence-electron chi connectivity index (χ0n) is 37.8. The maximum atomic E-state index is 12.7. The van der Waals surface area contributed by atoms with Gasteiger partial charge in [-0.05, 0) is 12.8 Å². The Bertz CT molecular complexity index is 889. The summed E-state index contributed by atoms with van der Waals surface area (Å²) in [7, 11) is 5.42. The van der Waals surface area contributed by atoms with Gasteiger partial charge in [0.1, 0.15) is 12.6 Å². The van der Waals surface area contributed by atoms with Gasteiger partial charge in [0.2, 0.25) is 0 Å². The second kappa shape index (κ2) is 40.1. The number of hydrogen-bond acceptors (Lipinski definition) is 7. The maximum absolute atomic E-state index is 12.7. The molecule has 2 unspecified atom stereocenters. The van der Waals surface area contributed by atoms with Gasteiger partial charge >= 0.3 is 11.9 Å². The molecule has 0 spiro atoms. The van der Waals surface area contributed by atoms with Crippen LogP contribution in [0.25, 0.3) is 0 Å². The van der Waals surface area contributed by atoms with Crippen molar-refractivity contribution in [3.8, 4) is 0 Å². The fourth-order valence-electron chi connectivity index (χ4n) is 7.49. The predicted octanol–water partition coefficient (Wildman–Crippen LogP) is 12.0. The molecule has 0 N–H and O–H groups in total. The summed E-state index contributed by atoms with van der Waals surface area (Å²) in [6.07, 6.45) is 41.2. The molecule has 2 atom stereocenters. The third-order valence-electron chi connectivity index (χ3n) is 11.2. The molecule has 0 aliphatic carbocycles. The second-order valence-electron chi connectivity index (χ2n) is 17.7. The summed E-state index contributed by atoms with van der Waals surface area (Å²) in [6.45, 7) is 4.71. The van der Waals surface area contributed by atoms with Gasteiger partial charge in [-0.2, -0.15) is 0 Å². The van der Waals surface area contributed by atoms with Gasteiger partial charge in [0, 0.05) is 19.3 Å². The average Bonchev–Trinajstić information content (AvgIpc) is 3.15. The number of carboxylic acid groups (broad SMARTS) is 1. The van der Waals surface area contributed by atoms with E-state index >= 15 is 0 Å². The first-order valence-corrected chi connectivity index (χ1v) is 24.1. The van der Waals surface area contributed by atoms with Crippen LogP contribution in [-0.2, 0) is 28.6 Å². The smallest absolute Gasteiger partial charge is 0.306 e. The molecule has 8 heteroatoms.